The van der Waals surface area contributed by atoms with Gasteiger partial charge in [0.05, 0.1) is 0 Å². The molecule has 0 radical (unpaired) electrons. The first-order valence-corrected chi connectivity index (χ1v) is 9.32. The third-order valence-corrected chi connectivity index (χ3v) is 4.62. The Balaban J connectivity index is 0.000000561. The van der Waals surface area contributed by atoms with Gasteiger partial charge in [0.2, 0.25) is 0 Å². The highest BCUT2D eigenvalue weighted by Gasteiger charge is 2.11. The highest BCUT2D eigenvalue weighted by molar-refractivity contribution is 7.25. The van der Waals surface area contributed by atoms with Crippen molar-refractivity contribution in [2.24, 2.45) is 0 Å². The standard InChI is InChI=1S/C16H17NS.2C2H6/c1-3-17(4-2)13-9-7-11-15-16(13)12-8-5-6-10-14(12)18-15;2*1-2/h5-11H,3-4H2,1-2H3;2*1-2H3. The Bertz CT molecular complexity index is 680. The van der Waals surface area contributed by atoms with Gasteiger partial charge in [0, 0.05) is 38.9 Å². The molecule has 2 heteroatoms. The first-order valence-electron chi connectivity index (χ1n) is 8.50. The number of benzene rings is 2. The third kappa shape index (κ3) is 3.61. The van der Waals surface area contributed by atoms with E-state index in [0.29, 0.717) is 0 Å². The molecule has 0 unspecified atom stereocenters. The first-order chi connectivity index (χ1) is 10.8. The molecule has 22 heavy (non-hydrogen) atoms. The molecule has 0 aliphatic heterocycles. The van der Waals surface area contributed by atoms with Crippen LogP contribution in [0.3, 0.4) is 0 Å². The van der Waals surface area contributed by atoms with Gasteiger partial charge in [-0.3, -0.25) is 0 Å². The summed E-state index contributed by atoms with van der Waals surface area (Å²) < 4.78 is 2.77. The van der Waals surface area contributed by atoms with Crippen molar-refractivity contribution in [3.8, 4) is 0 Å². The lowest BCUT2D eigenvalue weighted by molar-refractivity contribution is 0.871. The second-order valence-corrected chi connectivity index (χ2v) is 5.50. The molecule has 1 heterocycles. The zero-order valence-electron chi connectivity index (χ0n) is 14.8. The maximum Gasteiger partial charge on any atom is 0.0460 e. The van der Waals surface area contributed by atoms with Crippen molar-refractivity contribution >= 4 is 37.2 Å². The average Bonchev–Trinajstić information content (AvgIpc) is 2.99. The number of nitrogens with zero attached hydrogens (tertiary/aromatic N) is 1. The number of anilines is 1. The van der Waals surface area contributed by atoms with Crippen LogP contribution in [0, 0.1) is 0 Å². The molecule has 0 saturated heterocycles. The second kappa shape index (κ2) is 9.47. The van der Waals surface area contributed by atoms with E-state index >= 15 is 0 Å². The van der Waals surface area contributed by atoms with Crippen LogP contribution < -0.4 is 4.90 Å². The number of hydrogen-bond acceptors (Lipinski definition) is 2. The van der Waals surface area contributed by atoms with E-state index in [-0.39, 0.29) is 0 Å². The van der Waals surface area contributed by atoms with Crippen molar-refractivity contribution in [3.63, 3.8) is 0 Å². The summed E-state index contributed by atoms with van der Waals surface area (Å²) in [4.78, 5) is 2.43. The van der Waals surface area contributed by atoms with E-state index in [1.807, 2.05) is 39.0 Å². The van der Waals surface area contributed by atoms with E-state index in [9.17, 15) is 0 Å². The predicted molar refractivity (Wildman–Crippen MR) is 106 cm³/mol. The van der Waals surface area contributed by atoms with Gasteiger partial charge in [0.1, 0.15) is 0 Å². The van der Waals surface area contributed by atoms with Crippen LogP contribution in [0.25, 0.3) is 20.2 Å². The van der Waals surface area contributed by atoms with Crippen LogP contribution in [0.2, 0.25) is 0 Å². The molecule has 0 spiro atoms. The SMILES string of the molecule is CC.CC.CCN(CC)c1cccc2sc3ccccc3c12. The van der Waals surface area contributed by atoms with Crippen LogP contribution in [0.4, 0.5) is 5.69 Å². The Morgan fingerprint density at radius 3 is 2.00 bits per heavy atom. The summed E-state index contributed by atoms with van der Waals surface area (Å²) in [5.74, 6) is 0. The van der Waals surface area contributed by atoms with Crippen molar-refractivity contribution in [1.82, 2.24) is 0 Å². The van der Waals surface area contributed by atoms with Gasteiger partial charge in [-0.1, -0.05) is 52.0 Å². The number of thiophene rings is 1. The van der Waals surface area contributed by atoms with Crippen molar-refractivity contribution in [2.45, 2.75) is 41.5 Å². The number of fused-ring (bicyclic) bond motifs is 3. The molecule has 0 aliphatic rings. The molecule has 120 valence electrons. The molecule has 0 atom stereocenters. The summed E-state index contributed by atoms with van der Waals surface area (Å²) >= 11 is 1.89. The van der Waals surface area contributed by atoms with Gasteiger partial charge < -0.3 is 4.90 Å². The molecule has 0 N–H and O–H groups in total. The van der Waals surface area contributed by atoms with Gasteiger partial charge in [-0.15, -0.1) is 11.3 Å². The smallest absolute Gasteiger partial charge is 0.0460 e. The molecule has 2 aromatic carbocycles. The van der Waals surface area contributed by atoms with Crippen molar-refractivity contribution in [1.29, 1.82) is 0 Å². The highest BCUT2D eigenvalue weighted by Crippen LogP contribution is 2.39. The summed E-state index contributed by atoms with van der Waals surface area (Å²) in [6.45, 7) is 14.5. The molecule has 1 nitrogen and oxygen atoms in total. The normalized spacial score (nSPS) is 9.73. The largest absolute Gasteiger partial charge is 0.372 e. The summed E-state index contributed by atoms with van der Waals surface area (Å²) in [5, 5.41) is 2.81. The number of rotatable bonds is 3. The van der Waals surface area contributed by atoms with E-state index in [4.69, 9.17) is 0 Å². The molecule has 3 rings (SSSR count). The van der Waals surface area contributed by atoms with Crippen molar-refractivity contribution in [3.05, 3.63) is 42.5 Å². The van der Waals surface area contributed by atoms with Crippen molar-refractivity contribution in [2.75, 3.05) is 18.0 Å². The minimum absolute atomic E-state index is 1.06. The zero-order chi connectivity index (χ0) is 16.5. The lowest BCUT2D eigenvalue weighted by Gasteiger charge is -2.22. The fourth-order valence-corrected chi connectivity index (χ4v) is 3.71. The van der Waals surface area contributed by atoms with Crippen molar-refractivity contribution < 1.29 is 0 Å². The lowest BCUT2D eigenvalue weighted by atomic mass is 10.1. The molecular formula is C20H29NS. The summed E-state index contributed by atoms with van der Waals surface area (Å²) in [5.41, 5.74) is 1.37. The van der Waals surface area contributed by atoms with Crippen LogP contribution in [0.15, 0.2) is 42.5 Å². The zero-order valence-corrected chi connectivity index (χ0v) is 15.6. The van der Waals surface area contributed by atoms with Crippen LogP contribution in [0.5, 0.6) is 0 Å². The summed E-state index contributed by atoms with van der Waals surface area (Å²) in [6, 6.07) is 15.3. The summed E-state index contributed by atoms with van der Waals surface area (Å²) in [6.07, 6.45) is 0. The van der Waals surface area contributed by atoms with Crippen LogP contribution in [-0.4, -0.2) is 13.1 Å². The monoisotopic (exact) mass is 315 g/mol. The Morgan fingerprint density at radius 1 is 0.773 bits per heavy atom. The van der Waals surface area contributed by atoms with Gasteiger partial charge >= 0.3 is 0 Å². The molecule has 0 amide bonds. The van der Waals surface area contributed by atoms with E-state index in [2.05, 4.69) is 61.2 Å². The molecule has 3 aromatic rings. The fraction of sp³-hybridized carbons (Fsp3) is 0.400. The topological polar surface area (TPSA) is 3.24 Å². The third-order valence-electron chi connectivity index (χ3n) is 3.48. The van der Waals surface area contributed by atoms with Crippen LogP contribution in [0.1, 0.15) is 41.5 Å². The maximum atomic E-state index is 2.43. The number of hydrogen-bond donors (Lipinski definition) is 0. The van der Waals surface area contributed by atoms with E-state index in [1.165, 1.54) is 25.9 Å². The highest BCUT2D eigenvalue weighted by atomic mass is 32.1. The molecule has 1 aromatic heterocycles. The molecule has 0 bridgehead atoms. The molecular weight excluding hydrogens is 286 g/mol. The van der Waals surface area contributed by atoms with E-state index in [1.54, 1.807) is 0 Å². The predicted octanol–water partition coefficient (Wildman–Crippen LogP) is 6.95. The Hall–Kier alpha value is -1.54. The average molecular weight is 316 g/mol. The van der Waals surface area contributed by atoms with Gasteiger partial charge in [-0.25, -0.2) is 0 Å². The molecule has 0 fully saturated rings. The Kier molecular flexibility index (Phi) is 7.97. The molecule has 0 saturated carbocycles. The second-order valence-electron chi connectivity index (χ2n) is 4.42. The maximum absolute atomic E-state index is 2.43. The minimum atomic E-state index is 1.06. The summed E-state index contributed by atoms with van der Waals surface area (Å²) in [7, 11) is 0. The van der Waals surface area contributed by atoms with E-state index < -0.39 is 0 Å². The first kappa shape index (κ1) is 18.5. The van der Waals surface area contributed by atoms with Crippen LogP contribution >= 0.6 is 11.3 Å². The quantitative estimate of drug-likeness (QED) is 0.505. The van der Waals surface area contributed by atoms with Gasteiger partial charge in [-0.2, -0.15) is 0 Å². The Labute approximate surface area is 139 Å². The van der Waals surface area contributed by atoms with Crippen LogP contribution in [-0.2, 0) is 0 Å². The Morgan fingerprint density at radius 2 is 1.36 bits per heavy atom. The van der Waals surface area contributed by atoms with E-state index in [0.717, 1.165) is 13.1 Å². The fourth-order valence-electron chi connectivity index (χ4n) is 2.58. The minimum Gasteiger partial charge on any atom is -0.372 e. The lowest BCUT2D eigenvalue weighted by Crippen LogP contribution is -2.21. The van der Waals surface area contributed by atoms with Gasteiger partial charge in [0.15, 0.2) is 0 Å². The molecule has 0 aliphatic carbocycles. The van der Waals surface area contributed by atoms with Gasteiger partial charge in [-0.05, 0) is 32.0 Å². The van der Waals surface area contributed by atoms with Gasteiger partial charge in [0.25, 0.3) is 0 Å².